The molecule has 1 aromatic carbocycles. The van der Waals surface area contributed by atoms with E-state index in [1.54, 1.807) is 28.7 Å². The number of rotatable bonds is 4. The van der Waals surface area contributed by atoms with Crippen molar-refractivity contribution in [3.05, 3.63) is 72.0 Å². The first-order chi connectivity index (χ1) is 10.1. The predicted octanol–water partition coefficient (Wildman–Crippen LogP) is 6.97. The first kappa shape index (κ1) is 15.2. The molecule has 0 fully saturated rings. The summed E-state index contributed by atoms with van der Waals surface area (Å²) in [5.74, 6) is 0. The molecule has 1 nitrogen and oxygen atoms in total. The second-order valence-electron chi connectivity index (χ2n) is 4.34. The molecule has 108 valence electrons. The van der Waals surface area contributed by atoms with Gasteiger partial charge >= 0.3 is 0 Å². The predicted molar refractivity (Wildman–Crippen MR) is 95.6 cm³/mol. The van der Waals surface area contributed by atoms with Crippen LogP contribution < -0.4 is 5.32 Å². The number of hydrogen-bond acceptors (Lipinski definition) is 3. The molecule has 3 rings (SSSR count). The maximum atomic E-state index is 6.28. The summed E-state index contributed by atoms with van der Waals surface area (Å²) in [6, 6.07) is 13.6. The zero-order chi connectivity index (χ0) is 14.8. The van der Waals surface area contributed by atoms with Crippen molar-refractivity contribution in [3.8, 4) is 0 Å². The molecule has 0 spiro atoms. The number of thiophene rings is 2. The molecule has 3 aromatic rings. The van der Waals surface area contributed by atoms with Crippen LogP contribution in [0.1, 0.15) is 15.8 Å². The largest absolute Gasteiger partial charge is 0.371 e. The van der Waals surface area contributed by atoms with Crippen LogP contribution in [0.25, 0.3) is 0 Å². The van der Waals surface area contributed by atoms with E-state index < -0.39 is 0 Å². The smallest absolute Gasteiger partial charge is 0.0954 e. The van der Waals surface area contributed by atoms with Gasteiger partial charge in [0.15, 0.2) is 0 Å². The summed E-state index contributed by atoms with van der Waals surface area (Å²) in [6.07, 6.45) is 0. The lowest BCUT2D eigenvalue weighted by Crippen LogP contribution is -2.09. The van der Waals surface area contributed by atoms with Crippen LogP contribution in [0.3, 0.4) is 0 Å². The van der Waals surface area contributed by atoms with E-state index >= 15 is 0 Å². The summed E-state index contributed by atoms with van der Waals surface area (Å²) in [5.41, 5.74) is 0.812. The fraction of sp³-hybridized carbons (Fsp3) is 0.0667. The maximum absolute atomic E-state index is 6.28. The summed E-state index contributed by atoms with van der Waals surface area (Å²) in [7, 11) is 0. The Bertz CT molecular complexity index is 737. The molecule has 0 amide bonds. The molecular weight excluding hydrogens is 365 g/mol. The quantitative estimate of drug-likeness (QED) is 0.520. The van der Waals surface area contributed by atoms with Crippen LogP contribution in [-0.2, 0) is 0 Å². The van der Waals surface area contributed by atoms with Crippen molar-refractivity contribution in [1.82, 2.24) is 0 Å². The molecule has 1 atom stereocenters. The maximum Gasteiger partial charge on any atom is 0.0954 e. The molecule has 2 heterocycles. The van der Waals surface area contributed by atoms with Gasteiger partial charge in [0, 0.05) is 9.75 Å². The zero-order valence-corrected chi connectivity index (χ0v) is 14.5. The van der Waals surface area contributed by atoms with E-state index in [2.05, 4.69) is 16.8 Å². The molecule has 0 bridgehead atoms. The van der Waals surface area contributed by atoms with E-state index in [0.717, 1.165) is 14.9 Å². The molecule has 21 heavy (non-hydrogen) atoms. The molecule has 6 heteroatoms. The van der Waals surface area contributed by atoms with Crippen LogP contribution in [0.15, 0.2) is 47.8 Å². The van der Waals surface area contributed by atoms with Crippen molar-refractivity contribution >= 4 is 63.2 Å². The first-order valence-corrected chi connectivity index (χ1v) is 8.97. The van der Waals surface area contributed by atoms with Crippen molar-refractivity contribution in [2.75, 3.05) is 5.32 Å². The number of anilines is 1. The number of nitrogens with one attached hydrogen (secondary N) is 1. The van der Waals surface area contributed by atoms with Gasteiger partial charge in [-0.2, -0.15) is 0 Å². The van der Waals surface area contributed by atoms with Crippen LogP contribution in [-0.4, -0.2) is 0 Å². The minimum absolute atomic E-state index is 0.0125. The van der Waals surface area contributed by atoms with Gasteiger partial charge < -0.3 is 5.32 Å². The minimum Gasteiger partial charge on any atom is -0.371 e. The highest BCUT2D eigenvalue weighted by molar-refractivity contribution is 7.16. The highest BCUT2D eigenvalue weighted by Gasteiger charge is 2.18. The minimum atomic E-state index is 0.0125. The van der Waals surface area contributed by atoms with Crippen LogP contribution in [0.2, 0.25) is 14.4 Å². The van der Waals surface area contributed by atoms with Crippen LogP contribution in [0, 0.1) is 0 Å². The lowest BCUT2D eigenvalue weighted by Gasteiger charge is -2.18. The van der Waals surface area contributed by atoms with E-state index in [9.17, 15) is 0 Å². The molecular formula is C15H10Cl3NS2. The Kier molecular flexibility index (Phi) is 4.77. The third kappa shape index (κ3) is 3.38. The van der Waals surface area contributed by atoms with E-state index in [0.29, 0.717) is 10.0 Å². The summed E-state index contributed by atoms with van der Waals surface area (Å²) in [6.45, 7) is 0. The van der Waals surface area contributed by atoms with Gasteiger partial charge in [-0.3, -0.25) is 0 Å². The van der Waals surface area contributed by atoms with Gasteiger partial charge in [-0.25, -0.2) is 0 Å². The fourth-order valence-electron chi connectivity index (χ4n) is 1.99. The van der Waals surface area contributed by atoms with Gasteiger partial charge in [-0.15, -0.1) is 22.7 Å². The van der Waals surface area contributed by atoms with Gasteiger partial charge in [0.2, 0.25) is 0 Å². The Hall–Kier alpha value is -0.710. The van der Waals surface area contributed by atoms with Crippen molar-refractivity contribution in [2.24, 2.45) is 0 Å². The van der Waals surface area contributed by atoms with Crippen molar-refractivity contribution in [2.45, 2.75) is 6.04 Å². The molecule has 0 saturated heterocycles. The third-order valence-electron chi connectivity index (χ3n) is 2.96. The Balaban J connectivity index is 1.99. The lowest BCUT2D eigenvalue weighted by molar-refractivity contribution is 0.993. The SMILES string of the molecule is Clc1ccc(C(Nc2cccc(Cl)c2Cl)c2cccs2)s1. The van der Waals surface area contributed by atoms with Gasteiger partial charge in [0.25, 0.3) is 0 Å². The first-order valence-electron chi connectivity index (χ1n) is 6.14. The van der Waals surface area contributed by atoms with Crippen molar-refractivity contribution in [3.63, 3.8) is 0 Å². The second-order valence-corrected chi connectivity index (χ2v) is 7.85. The van der Waals surface area contributed by atoms with Gasteiger partial charge in [0.1, 0.15) is 0 Å². The number of hydrogen-bond donors (Lipinski definition) is 1. The highest BCUT2D eigenvalue weighted by Crippen LogP contribution is 2.38. The van der Waals surface area contributed by atoms with E-state index in [4.69, 9.17) is 34.8 Å². The normalized spacial score (nSPS) is 12.3. The van der Waals surface area contributed by atoms with Crippen LogP contribution >= 0.6 is 57.5 Å². The fourth-order valence-corrected chi connectivity index (χ4v) is 4.35. The Labute approximate surface area is 146 Å². The molecule has 0 aliphatic heterocycles. The van der Waals surface area contributed by atoms with E-state index in [1.165, 1.54) is 4.88 Å². The molecule has 1 unspecified atom stereocenters. The van der Waals surface area contributed by atoms with Crippen molar-refractivity contribution < 1.29 is 0 Å². The van der Waals surface area contributed by atoms with E-state index in [1.807, 2.05) is 30.3 Å². The molecule has 1 N–H and O–H groups in total. The summed E-state index contributed by atoms with van der Waals surface area (Å²) in [5, 5.41) is 6.59. The zero-order valence-electron chi connectivity index (χ0n) is 10.6. The topological polar surface area (TPSA) is 12.0 Å². The number of halogens is 3. The Morgan fingerprint density at radius 1 is 0.905 bits per heavy atom. The monoisotopic (exact) mass is 373 g/mol. The highest BCUT2D eigenvalue weighted by atomic mass is 35.5. The number of benzene rings is 1. The van der Waals surface area contributed by atoms with Gasteiger partial charge in [0.05, 0.1) is 26.1 Å². The molecule has 0 radical (unpaired) electrons. The van der Waals surface area contributed by atoms with Gasteiger partial charge in [-0.1, -0.05) is 46.9 Å². The summed E-state index contributed by atoms with van der Waals surface area (Å²) in [4.78, 5) is 2.34. The standard InChI is InChI=1S/C15H10Cl3NS2/c16-9-3-1-4-10(14(9)18)19-15(11-5-2-8-20-11)12-6-7-13(17)21-12/h1-8,15,19H. The van der Waals surface area contributed by atoms with Crippen LogP contribution in [0.5, 0.6) is 0 Å². The Morgan fingerprint density at radius 2 is 1.76 bits per heavy atom. The third-order valence-corrected chi connectivity index (χ3v) is 6.01. The van der Waals surface area contributed by atoms with Crippen LogP contribution in [0.4, 0.5) is 5.69 Å². The molecule has 0 saturated carbocycles. The average molecular weight is 375 g/mol. The van der Waals surface area contributed by atoms with Crippen molar-refractivity contribution in [1.29, 1.82) is 0 Å². The van der Waals surface area contributed by atoms with Gasteiger partial charge in [-0.05, 0) is 35.7 Å². The molecule has 0 aliphatic carbocycles. The Morgan fingerprint density at radius 3 is 2.43 bits per heavy atom. The second kappa shape index (κ2) is 6.59. The molecule has 2 aromatic heterocycles. The summed E-state index contributed by atoms with van der Waals surface area (Å²) < 4.78 is 0.769. The van der Waals surface area contributed by atoms with E-state index in [-0.39, 0.29) is 6.04 Å². The molecule has 0 aliphatic rings. The lowest BCUT2D eigenvalue weighted by atomic mass is 10.2. The average Bonchev–Trinajstić information content (AvgIpc) is 3.12. The summed E-state index contributed by atoms with van der Waals surface area (Å²) >= 11 is 21.7.